The molecule has 0 spiro atoms. The van der Waals surface area contributed by atoms with Crippen LogP contribution >= 0.6 is 0 Å². The first-order chi connectivity index (χ1) is 14.7. The molecule has 0 bridgehead atoms. The number of carbonyl (C=O) groups excluding carboxylic acids is 1. The van der Waals surface area contributed by atoms with Gasteiger partial charge in [-0.05, 0) is 81.6 Å². The van der Waals surface area contributed by atoms with E-state index in [1.807, 2.05) is 25.1 Å². The minimum absolute atomic E-state index is 0.0151. The number of nitrogens with one attached hydrogen (secondary N) is 1. The third-order valence-electron chi connectivity index (χ3n) is 6.48. The van der Waals surface area contributed by atoms with Gasteiger partial charge < -0.3 is 10.2 Å². The molecule has 2 heterocycles. The Morgan fingerprint density at radius 2 is 1.90 bits per heavy atom. The molecule has 1 N–H and O–H groups in total. The summed E-state index contributed by atoms with van der Waals surface area (Å²) in [5.41, 5.74) is 1.91. The summed E-state index contributed by atoms with van der Waals surface area (Å²) in [6, 6.07) is 11.4. The quantitative estimate of drug-likeness (QED) is 0.711. The van der Waals surface area contributed by atoms with Gasteiger partial charge in [-0.1, -0.05) is 6.07 Å². The van der Waals surface area contributed by atoms with Gasteiger partial charge in [0.1, 0.15) is 0 Å². The second kappa shape index (κ2) is 8.54. The number of hydrogen-bond donors (Lipinski definition) is 1. The maximum Gasteiger partial charge on any atom is 0.416 e. The first-order valence-corrected chi connectivity index (χ1v) is 10.8. The van der Waals surface area contributed by atoms with Crippen molar-refractivity contribution in [2.75, 3.05) is 29.9 Å². The van der Waals surface area contributed by atoms with E-state index in [1.54, 1.807) is 0 Å². The summed E-state index contributed by atoms with van der Waals surface area (Å²) in [5.74, 6) is -0.553. The molecule has 2 aromatic carbocycles. The lowest BCUT2D eigenvalue weighted by Gasteiger charge is -2.29. The van der Waals surface area contributed by atoms with Crippen molar-refractivity contribution in [1.82, 2.24) is 4.90 Å². The van der Waals surface area contributed by atoms with Gasteiger partial charge in [-0.3, -0.25) is 9.69 Å². The maximum atomic E-state index is 12.9. The molecule has 0 aliphatic carbocycles. The summed E-state index contributed by atoms with van der Waals surface area (Å²) >= 11 is 0. The average molecular weight is 432 g/mol. The fourth-order valence-electron chi connectivity index (χ4n) is 4.86. The van der Waals surface area contributed by atoms with E-state index >= 15 is 0 Å². The van der Waals surface area contributed by atoms with Crippen molar-refractivity contribution in [1.29, 1.82) is 0 Å². The molecule has 4 rings (SSSR count). The number of benzene rings is 2. The van der Waals surface area contributed by atoms with E-state index in [4.69, 9.17) is 0 Å². The lowest BCUT2D eigenvalue weighted by Crippen LogP contribution is -2.39. The number of halogens is 3. The molecule has 2 aromatic rings. The minimum Gasteiger partial charge on any atom is -0.370 e. The van der Waals surface area contributed by atoms with Crippen LogP contribution in [0, 0.1) is 6.92 Å². The largest absolute Gasteiger partial charge is 0.416 e. The Kier molecular flexibility index (Phi) is 5.97. The third kappa shape index (κ3) is 4.71. The summed E-state index contributed by atoms with van der Waals surface area (Å²) in [7, 11) is 0. The number of likely N-dealkylation sites (tertiary alicyclic amines) is 1. The maximum absolute atomic E-state index is 12.9. The zero-order valence-corrected chi connectivity index (χ0v) is 17.9. The number of anilines is 2. The van der Waals surface area contributed by atoms with Gasteiger partial charge in [0, 0.05) is 42.1 Å². The van der Waals surface area contributed by atoms with Crippen molar-refractivity contribution < 1.29 is 18.0 Å². The fourth-order valence-corrected chi connectivity index (χ4v) is 4.86. The molecule has 166 valence electrons. The molecule has 7 heteroatoms. The first-order valence-electron chi connectivity index (χ1n) is 10.8. The number of hydrogen-bond acceptors (Lipinski definition) is 3. The Balaban J connectivity index is 1.43. The average Bonchev–Trinajstić information content (AvgIpc) is 3.36. The van der Waals surface area contributed by atoms with Gasteiger partial charge in [0.05, 0.1) is 5.56 Å². The monoisotopic (exact) mass is 431 g/mol. The van der Waals surface area contributed by atoms with Crippen LogP contribution in [-0.2, 0) is 6.18 Å². The Labute approximate surface area is 181 Å². The van der Waals surface area contributed by atoms with Crippen molar-refractivity contribution in [2.24, 2.45) is 0 Å². The molecule has 0 saturated carbocycles. The van der Waals surface area contributed by atoms with E-state index in [0.29, 0.717) is 17.8 Å². The van der Waals surface area contributed by atoms with E-state index in [9.17, 15) is 18.0 Å². The molecule has 1 amide bonds. The molecule has 0 radical (unpaired) electrons. The van der Waals surface area contributed by atoms with Crippen LogP contribution in [0.25, 0.3) is 0 Å². The SMILES string of the molecule is Cc1cc(NC(=O)c2cccc(C(F)(F)F)c2)ccc1N1CCC(N2CCCC2C)C1. The number of carbonyl (C=O) groups is 1. The summed E-state index contributed by atoms with van der Waals surface area (Å²) in [4.78, 5) is 17.5. The number of alkyl halides is 3. The van der Waals surface area contributed by atoms with Crippen molar-refractivity contribution in [2.45, 2.75) is 51.4 Å². The minimum atomic E-state index is -4.48. The van der Waals surface area contributed by atoms with E-state index in [1.165, 1.54) is 31.5 Å². The standard InChI is InChI=1S/C24H28F3N3O/c1-16-13-20(28-23(31)18-6-3-7-19(14-18)24(25,26)27)8-9-22(16)29-12-10-21(15-29)30-11-4-5-17(30)2/h3,6-9,13-14,17,21H,4-5,10-12,15H2,1-2H3,(H,28,31). The van der Waals surface area contributed by atoms with Crippen LogP contribution in [0.5, 0.6) is 0 Å². The molecule has 2 unspecified atom stereocenters. The number of rotatable bonds is 4. The van der Waals surface area contributed by atoms with Crippen molar-refractivity contribution in [3.8, 4) is 0 Å². The van der Waals surface area contributed by atoms with Gasteiger partial charge in [0.15, 0.2) is 0 Å². The van der Waals surface area contributed by atoms with Gasteiger partial charge in [0.25, 0.3) is 5.91 Å². The second-order valence-corrected chi connectivity index (χ2v) is 8.65. The molecule has 31 heavy (non-hydrogen) atoms. The predicted octanol–water partition coefficient (Wildman–Crippen LogP) is 5.33. The number of amides is 1. The second-order valence-electron chi connectivity index (χ2n) is 8.65. The van der Waals surface area contributed by atoms with Crippen LogP contribution < -0.4 is 10.2 Å². The van der Waals surface area contributed by atoms with E-state index < -0.39 is 17.6 Å². The highest BCUT2D eigenvalue weighted by molar-refractivity contribution is 6.04. The van der Waals surface area contributed by atoms with Crippen LogP contribution in [0.15, 0.2) is 42.5 Å². The molecule has 0 aromatic heterocycles. The van der Waals surface area contributed by atoms with Crippen molar-refractivity contribution in [3.05, 3.63) is 59.2 Å². The summed E-state index contributed by atoms with van der Waals surface area (Å²) in [6.45, 7) is 7.49. The predicted molar refractivity (Wildman–Crippen MR) is 117 cm³/mol. The summed E-state index contributed by atoms with van der Waals surface area (Å²) in [5, 5.41) is 2.72. The normalized spacial score (nSPS) is 22.2. The van der Waals surface area contributed by atoms with Crippen molar-refractivity contribution >= 4 is 17.3 Å². The van der Waals surface area contributed by atoms with Crippen LogP contribution in [0.4, 0.5) is 24.5 Å². The van der Waals surface area contributed by atoms with Gasteiger partial charge in [-0.15, -0.1) is 0 Å². The summed E-state index contributed by atoms with van der Waals surface area (Å²) < 4.78 is 38.7. The van der Waals surface area contributed by atoms with Crippen molar-refractivity contribution in [3.63, 3.8) is 0 Å². The number of aryl methyl sites for hydroxylation is 1. The highest BCUT2D eigenvalue weighted by atomic mass is 19.4. The van der Waals surface area contributed by atoms with E-state index in [2.05, 4.69) is 22.0 Å². The lowest BCUT2D eigenvalue weighted by atomic mass is 10.1. The van der Waals surface area contributed by atoms with Gasteiger partial charge in [-0.25, -0.2) is 0 Å². The molecular formula is C24H28F3N3O. The lowest BCUT2D eigenvalue weighted by molar-refractivity contribution is -0.137. The molecule has 2 saturated heterocycles. The molecule has 2 atom stereocenters. The van der Waals surface area contributed by atoms with E-state index in [-0.39, 0.29) is 5.56 Å². The first kappa shape index (κ1) is 21.7. The Morgan fingerprint density at radius 1 is 1.10 bits per heavy atom. The third-order valence-corrected chi connectivity index (χ3v) is 6.48. The van der Waals surface area contributed by atoms with E-state index in [0.717, 1.165) is 42.9 Å². The fraction of sp³-hybridized carbons (Fsp3) is 0.458. The molecule has 2 aliphatic heterocycles. The van der Waals surface area contributed by atoms with Gasteiger partial charge in [0.2, 0.25) is 0 Å². The van der Waals surface area contributed by atoms with Crippen LogP contribution in [0.1, 0.15) is 47.7 Å². The van der Waals surface area contributed by atoms with Crippen LogP contribution in [0.3, 0.4) is 0 Å². The number of nitrogens with zero attached hydrogens (tertiary/aromatic N) is 2. The highest BCUT2D eigenvalue weighted by Gasteiger charge is 2.33. The summed E-state index contributed by atoms with van der Waals surface area (Å²) in [6.07, 6.45) is -0.778. The molecular weight excluding hydrogens is 403 g/mol. The Morgan fingerprint density at radius 3 is 2.58 bits per heavy atom. The zero-order valence-electron chi connectivity index (χ0n) is 17.9. The van der Waals surface area contributed by atoms with Gasteiger partial charge >= 0.3 is 6.18 Å². The Bertz CT molecular complexity index is 959. The topological polar surface area (TPSA) is 35.6 Å². The Hall–Kier alpha value is -2.54. The highest BCUT2D eigenvalue weighted by Crippen LogP contribution is 2.32. The molecule has 2 fully saturated rings. The van der Waals surface area contributed by atoms with Gasteiger partial charge in [-0.2, -0.15) is 13.2 Å². The zero-order chi connectivity index (χ0) is 22.2. The smallest absolute Gasteiger partial charge is 0.370 e. The molecule has 2 aliphatic rings. The van der Waals surface area contributed by atoms with Crippen LogP contribution in [0.2, 0.25) is 0 Å². The van der Waals surface area contributed by atoms with Crippen LogP contribution in [-0.4, -0.2) is 42.5 Å². The molecule has 4 nitrogen and oxygen atoms in total.